The largest absolute Gasteiger partial charge is 1.00 e. The molecule has 2 atom stereocenters. The molecule has 126 valence electrons. The number of nitrogens with zero attached hydrogens (tertiary/aromatic N) is 2. The molecular formula is C14H24Cl2N4O2. The molecule has 8 heteroatoms. The molecular weight excluding hydrogens is 327 g/mol. The van der Waals surface area contributed by atoms with Crippen LogP contribution in [0.1, 0.15) is 25.7 Å². The van der Waals surface area contributed by atoms with E-state index in [1.54, 1.807) is 0 Å². The van der Waals surface area contributed by atoms with E-state index in [0.29, 0.717) is 26.2 Å². The topological polar surface area (TPSA) is 49.5 Å². The van der Waals surface area contributed by atoms with Gasteiger partial charge < -0.3 is 34.6 Å². The Hall–Kier alpha value is -1.08. The van der Waals surface area contributed by atoms with Crippen LogP contribution >= 0.6 is 0 Å². The summed E-state index contributed by atoms with van der Waals surface area (Å²) < 4.78 is 0. The number of hydrogen-bond donors (Lipinski definition) is 2. The molecule has 0 bridgehead atoms. The standard InChI is InChI=1S/C14H22N4O2.2ClH/c1-15-7-9-17(11-15)13(19)5-3-4-6-14(20)18-10-8-16(2)12-18;;/h7-10H,3-6,11-12H2,1-2H3;2*1H. The summed E-state index contributed by atoms with van der Waals surface area (Å²) >= 11 is 0. The molecule has 2 rings (SSSR count). The van der Waals surface area contributed by atoms with E-state index >= 15 is 0 Å². The van der Waals surface area contributed by atoms with E-state index in [-0.39, 0.29) is 36.6 Å². The predicted molar refractivity (Wildman–Crippen MR) is 73.9 cm³/mol. The number of halogens is 2. The lowest BCUT2D eigenvalue weighted by atomic mass is 10.1. The number of carbonyl (C=O) groups is 2. The van der Waals surface area contributed by atoms with Crippen LogP contribution < -0.4 is 34.6 Å². The van der Waals surface area contributed by atoms with Crippen LogP contribution in [0.15, 0.2) is 24.8 Å². The molecule has 6 nitrogen and oxygen atoms in total. The highest BCUT2D eigenvalue weighted by atomic mass is 35.5. The van der Waals surface area contributed by atoms with Crippen LogP contribution in [0, 0.1) is 0 Å². The molecule has 2 heterocycles. The van der Waals surface area contributed by atoms with E-state index in [2.05, 4.69) is 0 Å². The molecule has 0 saturated carbocycles. The summed E-state index contributed by atoms with van der Waals surface area (Å²) in [5, 5.41) is 0. The molecule has 0 aromatic carbocycles. The van der Waals surface area contributed by atoms with Gasteiger partial charge in [0, 0.05) is 14.1 Å². The third-order valence-corrected chi connectivity index (χ3v) is 3.67. The van der Waals surface area contributed by atoms with Gasteiger partial charge in [0.05, 0.1) is 25.2 Å². The van der Waals surface area contributed by atoms with Crippen LogP contribution in [0.5, 0.6) is 0 Å². The third kappa shape index (κ3) is 5.96. The van der Waals surface area contributed by atoms with E-state index in [9.17, 15) is 9.59 Å². The maximum Gasteiger partial charge on any atom is 0.318 e. The minimum absolute atomic E-state index is 0. The van der Waals surface area contributed by atoms with Crippen molar-refractivity contribution in [2.24, 2.45) is 0 Å². The summed E-state index contributed by atoms with van der Waals surface area (Å²) in [7, 11) is 3.91. The van der Waals surface area contributed by atoms with Gasteiger partial charge in [0.1, 0.15) is 12.4 Å². The smallest absolute Gasteiger partial charge is 0.318 e. The van der Waals surface area contributed by atoms with E-state index in [0.717, 1.165) is 22.6 Å². The maximum atomic E-state index is 11.9. The number of nitrogens with one attached hydrogen (secondary N) is 2. The number of unbranched alkanes of at least 4 members (excludes halogenated alkanes) is 1. The average Bonchev–Trinajstić information content (AvgIpc) is 3.03. The lowest BCUT2D eigenvalue weighted by Crippen LogP contribution is -3.10. The zero-order chi connectivity index (χ0) is 14.5. The molecule has 0 spiro atoms. The zero-order valence-corrected chi connectivity index (χ0v) is 14.5. The second kappa shape index (κ2) is 9.84. The second-order valence-corrected chi connectivity index (χ2v) is 5.57. The van der Waals surface area contributed by atoms with E-state index in [1.807, 2.05) is 48.7 Å². The molecule has 0 aromatic rings. The Morgan fingerprint density at radius 2 is 1.23 bits per heavy atom. The quantitative estimate of drug-likeness (QED) is 0.484. The molecule has 2 aliphatic heterocycles. The Morgan fingerprint density at radius 3 is 1.50 bits per heavy atom. The summed E-state index contributed by atoms with van der Waals surface area (Å²) in [5.41, 5.74) is 0. The van der Waals surface area contributed by atoms with Crippen LogP contribution in [0.4, 0.5) is 0 Å². The number of amides is 2. The Labute approximate surface area is 144 Å². The first-order valence-corrected chi connectivity index (χ1v) is 7.11. The average molecular weight is 351 g/mol. The summed E-state index contributed by atoms with van der Waals surface area (Å²) in [4.78, 5) is 29.6. The number of rotatable bonds is 5. The van der Waals surface area contributed by atoms with Crippen molar-refractivity contribution in [3.8, 4) is 0 Å². The van der Waals surface area contributed by atoms with Gasteiger partial charge in [-0.05, 0) is 12.8 Å². The van der Waals surface area contributed by atoms with Gasteiger partial charge in [-0.1, -0.05) is 0 Å². The Balaban J connectivity index is 0.00000220. The molecule has 0 radical (unpaired) electrons. The van der Waals surface area contributed by atoms with Crippen LogP contribution in [0.3, 0.4) is 0 Å². The second-order valence-electron chi connectivity index (χ2n) is 5.57. The van der Waals surface area contributed by atoms with Gasteiger partial charge in [-0.15, -0.1) is 0 Å². The molecule has 2 unspecified atom stereocenters. The lowest BCUT2D eigenvalue weighted by molar-refractivity contribution is -0.767. The van der Waals surface area contributed by atoms with Gasteiger partial charge >= 0.3 is 11.8 Å². The van der Waals surface area contributed by atoms with Crippen LogP contribution in [-0.2, 0) is 9.59 Å². The zero-order valence-electron chi connectivity index (χ0n) is 13.0. The Bertz CT molecular complexity index is 403. The first kappa shape index (κ1) is 20.9. The van der Waals surface area contributed by atoms with E-state index < -0.39 is 0 Å². The highest BCUT2D eigenvalue weighted by molar-refractivity contribution is 5.68. The minimum atomic E-state index is 0. The molecule has 2 amide bonds. The minimum Gasteiger partial charge on any atom is -1.00 e. The Kier molecular flexibility index (Phi) is 9.36. The molecule has 0 aromatic heterocycles. The molecule has 2 aliphatic rings. The van der Waals surface area contributed by atoms with Crippen molar-refractivity contribution < 1.29 is 44.2 Å². The highest BCUT2D eigenvalue weighted by Gasteiger charge is 2.24. The van der Waals surface area contributed by atoms with Gasteiger partial charge in [-0.2, -0.15) is 0 Å². The van der Waals surface area contributed by atoms with Crippen molar-refractivity contribution in [3.63, 3.8) is 0 Å². The van der Waals surface area contributed by atoms with Crippen LogP contribution in [-0.4, -0.2) is 49.0 Å². The fraction of sp³-hybridized carbons (Fsp3) is 0.571. The van der Waals surface area contributed by atoms with Crippen molar-refractivity contribution in [3.05, 3.63) is 24.8 Å². The predicted octanol–water partition coefficient (Wildman–Crippen LogP) is -7.87. The monoisotopic (exact) mass is 350 g/mol. The summed E-state index contributed by atoms with van der Waals surface area (Å²) in [6, 6.07) is 0. The maximum absolute atomic E-state index is 11.9. The van der Waals surface area contributed by atoms with Crippen molar-refractivity contribution >= 4 is 11.8 Å². The van der Waals surface area contributed by atoms with Crippen molar-refractivity contribution in [1.82, 2.24) is 9.80 Å². The van der Waals surface area contributed by atoms with Gasteiger partial charge in [0.2, 0.25) is 0 Å². The van der Waals surface area contributed by atoms with Gasteiger partial charge in [-0.3, -0.25) is 0 Å². The summed E-state index contributed by atoms with van der Waals surface area (Å²) in [5.74, 6) is 0.428. The van der Waals surface area contributed by atoms with Crippen molar-refractivity contribution in [1.29, 1.82) is 0 Å². The van der Waals surface area contributed by atoms with Crippen molar-refractivity contribution in [2.45, 2.75) is 25.7 Å². The first-order valence-electron chi connectivity index (χ1n) is 7.11. The Morgan fingerprint density at radius 1 is 0.864 bits per heavy atom. The molecule has 22 heavy (non-hydrogen) atoms. The van der Waals surface area contributed by atoms with Crippen molar-refractivity contribution in [2.75, 3.05) is 27.4 Å². The first-order chi connectivity index (χ1) is 9.56. The molecule has 0 saturated heterocycles. The highest BCUT2D eigenvalue weighted by Crippen LogP contribution is 1.99. The number of carbonyl (C=O) groups excluding carboxylic acids is 2. The third-order valence-electron chi connectivity index (χ3n) is 3.67. The van der Waals surface area contributed by atoms with Crippen LogP contribution in [0.2, 0.25) is 0 Å². The van der Waals surface area contributed by atoms with E-state index in [1.165, 1.54) is 0 Å². The number of quaternary nitrogens is 2. The molecule has 0 aliphatic carbocycles. The molecule has 0 fully saturated rings. The SMILES string of the molecule is CN1C=C[NH+](C(=O)CCCCC(=O)[NH+]2C=CN(C)C2)C1.[Cl-].[Cl-]. The summed E-state index contributed by atoms with van der Waals surface area (Å²) in [6.07, 6.45) is 10.3. The van der Waals surface area contributed by atoms with Gasteiger partial charge in [0.25, 0.3) is 0 Å². The van der Waals surface area contributed by atoms with Gasteiger partial charge in [-0.25, -0.2) is 19.4 Å². The van der Waals surface area contributed by atoms with E-state index in [4.69, 9.17) is 0 Å². The summed E-state index contributed by atoms with van der Waals surface area (Å²) in [6.45, 7) is 1.43. The van der Waals surface area contributed by atoms with Gasteiger partial charge in [0.15, 0.2) is 13.3 Å². The fourth-order valence-electron chi connectivity index (χ4n) is 2.44. The van der Waals surface area contributed by atoms with Crippen LogP contribution in [0.25, 0.3) is 0 Å². The lowest BCUT2D eigenvalue weighted by Gasteiger charge is -2.11. The number of hydrogen-bond acceptors (Lipinski definition) is 4. The fourth-order valence-corrected chi connectivity index (χ4v) is 2.44. The normalized spacial score (nSPS) is 22.5. The molecule has 2 N–H and O–H groups in total.